The van der Waals surface area contributed by atoms with Gasteiger partial charge in [-0.2, -0.15) is 0 Å². The monoisotopic (exact) mass is 266 g/mol. The highest BCUT2D eigenvalue weighted by molar-refractivity contribution is 5.72. The molecule has 0 saturated carbocycles. The zero-order valence-corrected chi connectivity index (χ0v) is 11.0. The summed E-state index contributed by atoms with van der Waals surface area (Å²) in [6.45, 7) is 2.91. The number of nitrogen functional groups attached to an aromatic ring is 1. The van der Waals surface area contributed by atoms with Crippen LogP contribution in [0.15, 0.2) is 12.1 Å². The van der Waals surface area contributed by atoms with E-state index in [4.69, 9.17) is 10.5 Å². The van der Waals surface area contributed by atoms with Crippen LogP contribution in [0.4, 0.5) is 15.8 Å². The standard InChI is InChI=1S/C14H19FN2O2/c1-14(8-18)6-9-4-11(16)12(5-13(9)19-14)17-3-2-10(15)7-17/h4-5,10,18H,2-3,6-8,16H2,1H3. The average Bonchev–Trinajstić information content (AvgIpc) is 2.91. The highest BCUT2D eigenvalue weighted by Crippen LogP contribution is 2.41. The lowest BCUT2D eigenvalue weighted by molar-refractivity contribution is 0.0447. The first-order valence-corrected chi connectivity index (χ1v) is 6.62. The third-order valence-electron chi connectivity index (χ3n) is 3.94. The van der Waals surface area contributed by atoms with Crippen molar-refractivity contribution in [2.75, 3.05) is 30.3 Å². The second-order valence-corrected chi connectivity index (χ2v) is 5.74. The van der Waals surface area contributed by atoms with Crippen molar-refractivity contribution in [1.82, 2.24) is 0 Å². The lowest BCUT2D eigenvalue weighted by Crippen LogP contribution is -2.34. The van der Waals surface area contributed by atoms with Crippen LogP contribution in [0.2, 0.25) is 0 Å². The minimum Gasteiger partial charge on any atom is -0.484 e. The largest absolute Gasteiger partial charge is 0.484 e. The molecule has 5 heteroatoms. The van der Waals surface area contributed by atoms with Gasteiger partial charge in [0.1, 0.15) is 17.5 Å². The molecular formula is C14H19FN2O2. The molecule has 2 atom stereocenters. The van der Waals surface area contributed by atoms with E-state index in [1.54, 1.807) is 0 Å². The number of fused-ring (bicyclic) bond motifs is 1. The molecule has 0 aliphatic carbocycles. The smallest absolute Gasteiger partial charge is 0.133 e. The average molecular weight is 266 g/mol. The van der Waals surface area contributed by atoms with E-state index in [9.17, 15) is 9.50 Å². The minimum absolute atomic E-state index is 0.0345. The Morgan fingerprint density at radius 3 is 3.00 bits per heavy atom. The summed E-state index contributed by atoms with van der Waals surface area (Å²) < 4.78 is 19.1. The number of nitrogens with two attached hydrogens (primary N) is 1. The number of hydrogen-bond donors (Lipinski definition) is 2. The van der Waals surface area contributed by atoms with Crippen molar-refractivity contribution >= 4 is 11.4 Å². The molecule has 3 N–H and O–H groups in total. The van der Waals surface area contributed by atoms with E-state index in [1.807, 2.05) is 24.0 Å². The molecule has 19 heavy (non-hydrogen) atoms. The number of alkyl halides is 1. The van der Waals surface area contributed by atoms with Crippen LogP contribution in [-0.4, -0.2) is 36.6 Å². The molecule has 1 aromatic rings. The summed E-state index contributed by atoms with van der Waals surface area (Å²) in [6.07, 6.45) is 0.414. The lowest BCUT2D eigenvalue weighted by atomic mass is 10.00. The number of aliphatic hydroxyl groups is 1. The maximum absolute atomic E-state index is 13.3. The molecule has 0 spiro atoms. The minimum atomic E-state index is -0.781. The Bertz CT molecular complexity index is 508. The van der Waals surface area contributed by atoms with Gasteiger partial charge >= 0.3 is 0 Å². The number of ether oxygens (including phenoxy) is 1. The number of rotatable bonds is 2. The fourth-order valence-corrected chi connectivity index (χ4v) is 2.87. The van der Waals surface area contributed by atoms with Crippen LogP contribution in [-0.2, 0) is 6.42 Å². The molecule has 0 aromatic heterocycles. The summed E-state index contributed by atoms with van der Waals surface area (Å²) in [4.78, 5) is 1.96. The van der Waals surface area contributed by atoms with E-state index in [-0.39, 0.29) is 6.61 Å². The fraction of sp³-hybridized carbons (Fsp3) is 0.571. The number of hydrogen-bond acceptors (Lipinski definition) is 4. The Hall–Kier alpha value is -1.49. The maximum atomic E-state index is 13.3. The van der Waals surface area contributed by atoms with Crippen LogP contribution in [0.3, 0.4) is 0 Å². The van der Waals surface area contributed by atoms with Crippen molar-refractivity contribution in [3.05, 3.63) is 17.7 Å². The number of anilines is 2. The summed E-state index contributed by atoms with van der Waals surface area (Å²) >= 11 is 0. The number of nitrogens with zero attached hydrogens (tertiary/aromatic N) is 1. The van der Waals surface area contributed by atoms with Crippen molar-refractivity contribution in [1.29, 1.82) is 0 Å². The molecule has 0 radical (unpaired) electrons. The molecule has 3 rings (SSSR count). The van der Waals surface area contributed by atoms with Crippen molar-refractivity contribution in [2.24, 2.45) is 0 Å². The topological polar surface area (TPSA) is 58.7 Å². The molecule has 1 fully saturated rings. The summed E-state index contributed by atoms with van der Waals surface area (Å²) in [7, 11) is 0. The van der Waals surface area contributed by atoms with Gasteiger partial charge in [-0.25, -0.2) is 4.39 Å². The van der Waals surface area contributed by atoms with Gasteiger partial charge in [0.15, 0.2) is 0 Å². The van der Waals surface area contributed by atoms with E-state index in [0.29, 0.717) is 31.6 Å². The Morgan fingerprint density at radius 2 is 2.37 bits per heavy atom. The summed E-state index contributed by atoms with van der Waals surface area (Å²) in [6, 6.07) is 3.76. The van der Waals surface area contributed by atoms with Crippen LogP contribution in [0.5, 0.6) is 5.75 Å². The number of aliphatic hydroxyl groups excluding tert-OH is 1. The highest BCUT2D eigenvalue weighted by Gasteiger charge is 2.35. The second-order valence-electron chi connectivity index (χ2n) is 5.74. The normalized spacial score (nSPS) is 29.4. The van der Waals surface area contributed by atoms with E-state index in [1.165, 1.54) is 0 Å². The second kappa shape index (κ2) is 4.27. The van der Waals surface area contributed by atoms with E-state index >= 15 is 0 Å². The van der Waals surface area contributed by atoms with Gasteiger partial charge in [0.2, 0.25) is 0 Å². The molecule has 1 saturated heterocycles. The van der Waals surface area contributed by atoms with Crippen LogP contribution in [0.25, 0.3) is 0 Å². The Morgan fingerprint density at radius 1 is 1.58 bits per heavy atom. The first-order valence-electron chi connectivity index (χ1n) is 6.62. The van der Waals surface area contributed by atoms with Gasteiger partial charge < -0.3 is 20.5 Å². The molecule has 104 valence electrons. The Labute approximate surface area is 112 Å². The number of benzene rings is 1. The first-order chi connectivity index (χ1) is 9.00. The van der Waals surface area contributed by atoms with Gasteiger partial charge in [-0.15, -0.1) is 0 Å². The van der Waals surface area contributed by atoms with Gasteiger partial charge in [0.05, 0.1) is 18.0 Å². The zero-order valence-electron chi connectivity index (χ0n) is 11.0. The van der Waals surface area contributed by atoms with Crippen molar-refractivity contribution in [3.63, 3.8) is 0 Å². The molecule has 2 aliphatic rings. The molecule has 2 heterocycles. The zero-order chi connectivity index (χ0) is 13.6. The third-order valence-corrected chi connectivity index (χ3v) is 3.94. The first kappa shape index (κ1) is 12.5. The van der Waals surface area contributed by atoms with E-state index in [2.05, 4.69) is 0 Å². The van der Waals surface area contributed by atoms with Crippen LogP contribution < -0.4 is 15.4 Å². The molecular weight excluding hydrogens is 247 g/mol. The predicted octanol–water partition coefficient (Wildman–Crippen LogP) is 1.50. The molecule has 4 nitrogen and oxygen atoms in total. The summed E-state index contributed by atoms with van der Waals surface area (Å²) in [5, 5.41) is 9.37. The Balaban J connectivity index is 1.92. The lowest BCUT2D eigenvalue weighted by Gasteiger charge is -2.22. The SMILES string of the molecule is CC1(CO)Cc2cc(N)c(N3CCC(F)C3)cc2O1. The van der Waals surface area contributed by atoms with Gasteiger partial charge in [0.25, 0.3) is 0 Å². The molecule has 1 aromatic carbocycles. The van der Waals surface area contributed by atoms with Gasteiger partial charge in [-0.1, -0.05) is 0 Å². The van der Waals surface area contributed by atoms with Crippen molar-refractivity contribution < 1.29 is 14.2 Å². The fourth-order valence-electron chi connectivity index (χ4n) is 2.87. The molecule has 2 aliphatic heterocycles. The third kappa shape index (κ3) is 2.12. The number of halogens is 1. The van der Waals surface area contributed by atoms with Crippen molar-refractivity contribution in [3.8, 4) is 5.75 Å². The van der Waals surface area contributed by atoms with Gasteiger partial charge in [-0.3, -0.25) is 0 Å². The van der Waals surface area contributed by atoms with E-state index < -0.39 is 11.8 Å². The molecule has 2 unspecified atom stereocenters. The summed E-state index contributed by atoms with van der Waals surface area (Å²) in [5.74, 6) is 0.753. The molecule has 0 bridgehead atoms. The van der Waals surface area contributed by atoms with Crippen molar-refractivity contribution in [2.45, 2.75) is 31.5 Å². The predicted molar refractivity (Wildman–Crippen MR) is 72.4 cm³/mol. The van der Waals surface area contributed by atoms with Gasteiger partial charge in [-0.05, 0) is 19.4 Å². The van der Waals surface area contributed by atoms with Crippen LogP contribution in [0.1, 0.15) is 18.9 Å². The summed E-state index contributed by atoms with van der Waals surface area (Å²) in [5.41, 5.74) is 7.99. The highest BCUT2D eigenvalue weighted by atomic mass is 19.1. The van der Waals surface area contributed by atoms with Crippen LogP contribution in [0, 0.1) is 0 Å². The maximum Gasteiger partial charge on any atom is 0.133 e. The quantitative estimate of drug-likeness (QED) is 0.797. The van der Waals surface area contributed by atoms with E-state index in [0.717, 1.165) is 17.0 Å². The Kier molecular flexibility index (Phi) is 2.82. The van der Waals surface area contributed by atoms with Crippen LogP contribution >= 0.6 is 0 Å². The van der Waals surface area contributed by atoms with Gasteiger partial charge in [0, 0.05) is 31.1 Å². The molecule has 0 amide bonds.